The normalized spacial score (nSPS) is 15.8. The lowest BCUT2D eigenvalue weighted by Crippen LogP contribution is -2.36. The lowest BCUT2D eigenvalue weighted by Gasteiger charge is -2.19. The third kappa shape index (κ3) is 6.06. The van der Waals surface area contributed by atoms with E-state index in [2.05, 4.69) is 42.6 Å². The molecule has 3 rings (SSSR count). The van der Waals surface area contributed by atoms with Crippen molar-refractivity contribution in [2.45, 2.75) is 59.0 Å². The zero-order valence-electron chi connectivity index (χ0n) is 18.4. The van der Waals surface area contributed by atoms with Crippen LogP contribution in [-0.2, 0) is 24.0 Å². The van der Waals surface area contributed by atoms with Crippen LogP contribution >= 0.6 is 0 Å². The first-order valence-corrected chi connectivity index (χ1v) is 10.7. The van der Waals surface area contributed by atoms with Crippen molar-refractivity contribution in [3.8, 4) is 0 Å². The molecule has 1 atom stereocenters. The van der Waals surface area contributed by atoms with Crippen molar-refractivity contribution in [1.29, 1.82) is 5.41 Å². The molecule has 4 heteroatoms. The van der Waals surface area contributed by atoms with Crippen LogP contribution in [0.2, 0.25) is 0 Å². The van der Waals surface area contributed by atoms with Crippen LogP contribution in [0, 0.1) is 11.3 Å². The number of nitrogens with one attached hydrogen (secondary N) is 2. The smallest absolute Gasteiger partial charge is 0.413 e. The van der Waals surface area contributed by atoms with E-state index in [1.54, 1.807) is 20.8 Å². The first kappa shape index (κ1) is 21.8. The van der Waals surface area contributed by atoms with E-state index < -0.39 is 11.7 Å². The van der Waals surface area contributed by atoms with Gasteiger partial charge in [-0.3, -0.25) is 10.7 Å². The molecular weight excluding hydrogens is 372 g/mol. The highest BCUT2D eigenvalue weighted by atomic mass is 16.6. The van der Waals surface area contributed by atoms with Gasteiger partial charge >= 0.3 is 6.09 Å². The standard InChI is InChI=1S/C26H32N2O2/c1-5-18-6-11-21-12-7-19(10-15-23(21)17-18)16-20-8-13-22(14-9-20)24(27)28-25(29)30-26(2,3)4/h6,8-11,13-15,17,19H,5,7,12,16H2,1-4H3,(H2,27,28,29). The Kier molecular flexibility index (Phi) is 6.76. The summed E-state index contributed by atoms with van der Waals surface area (Å²) in [5.41, 5.74) is 5.49. The van der Waals surface area contributed by atoms with Gasteiger partial charge in [0.25, 0.3) is 0 Å². The number of carbonyl (C=O) groups excluding carboxylic acids is 1. The molecule has 2 aromatic carbocycles. The van der Waals surface area contributed by atoms with E-state index in [4.69, 9.17) is 10.1 Å². The largest absolute Gasteiger partial charge is 0.444 e. The Morgan fingerprint density at radius 3 is 2.50 bits per heavy atom. The zero-order valence-corrected chi connectivity index (χ0v) is 18.4. The van der Waals surface area contributed by atoms with Crippen LogP contribution in [-0.4, -0.2) is 17.5 Å². The summed E-state index contributed by atoms with van der Waals surface area (Å²) in [4.78, 5) is 11.9. The van der Waals surface area contributed by atoms with Crippen LogP contribution in [0.3, 0.4) is 0 Å². The lowest BCUT2D eigenvalue weighted by molar-refractivity contribution is 0.0563. The molecule has 2 N–H and O–H groups in total. The van der Waals surface area contributed by atoms with Crippen LogP contribution in [0.1, 0.15) is 61.9 Å². The van der Waals surface area contributed by atoms with Gasteiger partial charge in [-0.2, -0.15) is 0 Å². The summed E-state index contributed by atoms with van der Waals surface area (Å²) < 4.78 is 5.21. The second kappa shape index (κ2) is 9.29. The van der Waals surface area contributed by atoms with E-state index in [-0.39, 0.29) is 5.84 Å². The van der Waals surface area contributed by atoms with E-state index in [9.17, 15) is 4.79 Å². The zero-order chi connectivity index (χ0) is 21.7. The van der Waals surface area contributed by atoms with Crippen LogP contribution < -0.4 is 5.32 Å². The van der Waals surface area contributed by atoms with E-state index in [1.165, 1.54) is 22.3 Å². The summed E-state index contributed by atoms with van der Waals surface area (Å²) in [5, 5.41) is 10.6. The third-order valence-corrected chi connectivity index (χ3v) is 5.32. The van der Waals surface area contributed by atoms with Crippen molar-refractivity contribution in [3.63, 3.8) is 0 Å². The topological polar surface area (TPSA) is 62.2 Å². The Morgan fingerprint density at radius 1 is 1.13 bits per heavy atom. The van der Waals surface area contributed by atoms with Crippen LogP contribution in [0.5, 0.6) is 0 Å². The van der Waals surface area contributed by atoms with Gasteiger partial charge in [0.15, 0.2) is 0 Å². The molecule has 0 heterocycles. The number of rotatable bonds is 4. The SMILES string of the molecule is CCc1ccc2c(c1)C=CC(Cc1ccc(C(=N)NC(=O)OC(C)(C)C)cc1)CC2. The maximum Gasteiger partial charge on any atom is 0.413 e. The minimum Gasteiger partial charge on any atom is -0.444 e. The second-order valence-corrected chi connectivity index (χ2v) is 8.95. The molecule has 4 nitrogen and oxygen atoms in total. The molecule has 158 valence electrons. The average Bonchev–Trinajstić information content (AvgIpc) is 2.89. The van der Waals surface area contributed by atoms with Crippen molar-refractivity contribution >= 4 is 18.0 Å². The van der Waals surface area contributed by atoms with Crippen LogP contribution in [0.25, 0.3) is 6.08 Å². The Morgan fingerprint density at radius 2 is 1.83 bits per heavy atom. The monoisotopic (exact) mass is 404 g/mol. The quantitative estimate of drug-likeness (QED) is 0.491. The minimum atomic E-state index is -0.606. The van der Waals surface area contributed by atoms with Gasteiger partial charge in [0.2, 0.25) is 0 Å². The summed E-state index contributed by atoms with van der Waals surface area (Å²) in [7, 11) is 0. The highest BCUT2D eigenvalue weighted by molar-refractivity contribution is 6.04. The lowest BCUT2D eigenvalue weighted by atomic mass is 9.93. The Balaban J connectivity index is 1.59. The molecule has 0 spiro atoms. The minimum absolute atomic E-state index is 0.0485. The van der Waals surface area contributed by atoms with Gasteiger partial charge in [-0.15, -0.1) is 0 Å². The number of ether oxygens (including phenoxy) is 1. The molecule has 1 aliphatic rings. The first-order chi connectivity index (χ1) is 14.2. The van der Waals surface area contributed by atoms with Crippen molar-refractivity contribution in [2.75, 3.05) is 0 Å². The number of hydrogen-bond acceptors (Lipinski definition) is 3. The molecule has 30 heavy (non-hydrogen) atoms. The van der Waals surface area contributed by atoms with E-state index in [0.717, 1.165) is 25.7 Å². The number of fused-ring (bicyclic) bond motifs is 1. The molecule has 2 aromatic rings. The summed E-state index contributed by atoms with van der Waals surface area (Å²) in [6, 6.07) is 14.7. The summed E-state index contributed by atoms with van der Waals surface area (Å²) in [6.07, 6.45) is 8.27. The molecule has 0 bridgehead atoms. The van der Waals surface area contributed by atoms with Gasteiger partial charge in [-0.05, 0) is 74.6 Å². The van der Waals surface area contributed by atoms with Gasteiger partial charge in [0, 0.05) is 5.56 Å². The van der Waals surface area contributed by atoms with Gasteiger partial charge < -0.3 is 4.74 Å². The fourth-order valence-corrected chi connectivity index (χ4v) is 3.68. The fraction of sp³-hybridized carbons (Fsp3) is 0.385. The second-order valence-electron chi connectivity index (χ2n) is 8.95. The number of benzene rings is 2. The summed E-state index contributed by atoms with van der Waals surface area (Å²) >= 11 is 0. The molecule has 0 aromatic heterocycles. The number of allylic oxidation sites excluding steroid dienone is 1. The molecule has 0 saturated heterocycles. The molecule has 1 aliphatic carbocycles. The van der Waals surface area contributed by atoms with Crippen molar-refractivity contribution in [2.24, 2.45) is 5.92 Å². The van der Waals surface area contributed by atoms with Gasteiger partial charge in [-0.1, -0.05) is 61.5 Å². The molecule has 1 amide bonds. The summed E-state index contributed by atoms with van der Waals surface area (Å²) in [5.74, 6) is 0.542. The first-order valence-electron chi connectivity index (χ1n) is 10.7. The number of amidine groups is 1. The highest BCUT2D eigenvalue weighted by Crippen LogP contribution is 2.26. The predicted octanol–water partition coefficient (Wildman–Crippen LogP) is 5.92. The molecule has 0 aliphatic heterocycles. The maximum absolute atomic E-state index is 11.9. The van der Waals surface area contributed by atoms with Gasteiger partial charge in [0.1, 0.15) is 11.4 Å². The van der Waals surface area contributed by atoms with E-state index >= 15 is 0 Å². The predicted molar refractivity (Wildman–Crippen MR) is 123 cm³/mol. The third-order valence-electron chi connectivity index (χ3n) is 5.32. The van der Waals surface area contributed by atoms with Crippen LogP contribution in [0.15, 0.2) is 48.5 Å². The van der Waals surface area contributed by atoms with Crippen molar-refractivity contribution < 1.29 is 9.53 Å². The molecule has 0 radical (unpaired) electrons. The Bertz CT molecular complexity index is 936. The van der Waals surface area contributed by atoms with Gasteiger partial charge in [-0.25, -0.2) is 4.79 Å². The van der Waals surface area contributed by atoms with Crippen LogP contribution in [0.4, 0.5) is 4.79 Å². The fourth-order valence-electron chi connectivity index (χ4n) is 3.68. The molecular formula is C26H32N2O2. The maximum atomic E-state index is 11.9. The molecule has 1 unspecified atom stereocenters. The number of alkyl carbamates (subject to hydrolysis) is 1. The Hall–Kier alpha value is -2.88. The molecule has 0 fully saturated rings. The summed E-state index contributed by atoms with van der Waals surface area (Å²) in [6.45, 7) is 7.59. The van der Waals surface area contributed by atoms with E-state index in [1.807, 2.05) is 24.3 Å². The average molecular weight is 405 g/mol. The molecule has 0 saturated carbocycles. The van der Waals surface area contributed by atoms with Gasteiger partial charge in [0.05, 0.1) is 0 Å². The Labute approximate surface area is 179 Å². The van der Waals surface area contributed by atoms with Crippen molar-refractivity contribution in [1.82, 2.24) is 5.32 Å². The van der Waals surface area contributed by atoms with E-state index in [0.29, 0.717) is 11.5 Å². The number of aryl methyl sites for hydroxylation is 2. The number of amides is 1. The highest BCUT2D eigenvalue weighted by Gasteiger charge is 2.18. The van der Waals surface area contributed by atoms with Crippen molar-refractivity contribution in [3.05, 3.63) is 76.4 Å². The number of carbonyl (C=O) groups is 1. The number of hydrogen-bond donors (Lipinski definition) is 2.